The van der Waals surface area contributed by atoms with Gasteiger partial charge in [0, 0.05) is 16.8 Å². The summed E-state index contributed by atoms with van der Waals surface area (Å²) < 4.78 is 11.1. The first-order valence-corrected chi connectivity index (χ1v) is 6.92. The predicted molar refractivity (Wildman–Crippen MR) is 80.5 cm³/mol. The molecule has 2 aromatic heterocycles. The summed E-state index contributed by atoms with van der Waals surface area (Å²) in [6.07, 6.45) is 3.23. The molecule has 106 valence electrons. The molecule has 21 heavy (non-hydrogen) atoms. The van der Waals surface area contributed by atoms with Crippen molar-refractivity contribution < 1.29 is 9.15 Å². The van der Waals surface area contributed by atoms with Gasteiger partial charge in [0.2, 0.25) is 5.89 Å². The molecule has 1 aromatic carbocycles. The quantitative estimate of drug-likeness (QED) is 0.658. The Kier molecular flexibility index (Phi) is 4.08. The number of aromatic nitrogens is 2. The third-order valence-electron chi connectivity index (χ3n) is 2.74. The van der Waals surface area contributed by atoms with Gasteiger partial charge in [-0.3, -0.25) is 0 Å². The molecule has 0 radical (unpaired) electrons. The molecule has 0 saturated heterocycles. The number of rotatable bonds is 4. The maximum atomic E-state index is 5.95. The average Bonchev–Trinajstić information content (AvgIpc) is 2.95. The van der Waals surface area contributed by atoms with Crippen LogP contribution < -0.4 is 4.74 Å². The first kappa shape index (κ1) is 13.9. The number of nitrogens with zero attached hydrogens (tertiary/aromatic N) is 2. The van der Waals surface area contributed by atoms with Crippen LogP contribution in [0.2, 0.25) is 10.2 Å². The Morgan fingerprint density at radius 3 is 2.81 bits per heavy atom. The number of hydrogen-bond donors (Lipinski definition) is 0. The summed E-state index contributed by atoms with van der Waals surface area (Å²) >= 11 is 11.9. The number of pyridine rings is 1. The van der Waals surface area contributed by atoms with Crippen molar-refractivity contribution in [2.24, 2.45) is 0 Å². The molecule has 0 bridgehead atoms. The Morgan fingerprint density at radius 2 is 2.00 bits per heavy atom. The third kappa shape index (κ3) is 3.35. The SMILES string of the molecule is Clc1cccc(-c2cnc(COc3cccnc3Cl)o2)c1. The second-order valence-electron chi connectivity index (χ2n) is 4.21. The van der Waals surface area contributed by atoms with Crippen LogP contribution in [0.4, 0.5) is 0 Å². The standard InChI is InChI=1S/C15H10Cl2N2O2/c16-11-4-1-3-10(7-11)13-8-19-14(21-13)9-20-12-5-2-6-18-15(12)17/h1-8H,9H2. The highest BCUT2D eigenvalue weighted by atomic mass is 35.5. The maximum Gasteiger partial charge on any atom is 0.232 e. The van der Waals surface area contributed by atoms with Crippen molar-refractivity contribution in [3.05, 3.63) is 64.9 Å². The smallest absolute Gasteiger partial charge is 0.232 e. The summed E-state index contributed by atoms with van der Waals surface area (Å²) in [7, 11) is 0. The lowest BCUT2D eigenvalue weighted by atomic mass is 10.2. The summed E-state index contributed by atoms with van der Waals surface area (Å²) in [6.45, 7) is 0.173. The van der Waals surface area contributed by atoms with Crippen LogP contribution in [-0.4, -0.2) is 9.97 Å². The third-order valence-corrected chi connectivity index (χ3v) is 3.26. The van der Waals surface area contributed by atoms with Gasteiger partial charge < -0.3 is 9.15 Å². The van der Waals surface area contributed by atoms with E-state index in [9.17, 15) is 0 Å². The van der Waals surface area contributed by atoms with Gasteiger partial charge >= 0.3 is 0 Å². The normalized spacial score (nSPS) is 10.6. The molecule has 0 aliphatic rings. The number of halogens is 2. The molecule has 0 fully saturated rings. The first-order valence-electron chi connectivity index (χ1n) is 6.16. The van der Waals surface area contributed by atoms with Crippen LogP contribution in [-0.2, 0) is 6.61 Å². The highest BCUT2D eigenvalue weighted by Crippen LogP contribution is 2.25. The number of benzene rings is 1. The summed E-state index contributed by atoms with van der Waals surface area (Å²) in [5.41, 5.74) is 0.862. The minimum absolute atomic E-state index is 0.173. The number of oxazole rings is 1. The van der Waals surface area contributed by atoms with E-state index in [0.29, 0.717) is 27.6 Å². The summed E-state index contributed by atoms with van der Waals surface area (Å²) in [5, 5.41) is 0.947. The zero-order valence-corrected chi connectivity index (χ0v) is 12.3. The second-order valence-corrected chi connectivity index (χ2v) is 5.00. The Balaban J connectivity index is 1.72. The first-order chi connectivity index (χ1) is 10.2. The molecular formula is C15H10Cl2N2O2. The second kappa shape index (κ2) is 6.16. The van der Waals surface area contributed by atoms with Gasteiger partial charge in [-0.2, -0.15) is 0 Å². The van der Waals surface area contributed by atoms with Gasteiger partial charge in [-0.25, -0.2) is 9.97 Å². The lowest BCUT2D eigenvalue weighted by molar-refractivity contribution is 0.264. The molecule has 0 saturated carbocycles. The van der Waals surface area contributed by atoms with Gasteiger partial charge in [0.25, 0.3) is 0 Å². The summed E-state index contributed by atoms with van der Waals surface area (Å²) in [4.78, 5) is 8.10. The van der Waals surface area contributed by atoms with Crippen LogP contribution >= 0.6 is 23.2 Å². The molecule has 6 heteroatoms. The van der Waals surface area contributed by atoms with E-state index in [0.717, 1.165) is 5.56 Å². The van der Waals surface area contributed by atoms with Crippen molar-refractivity contribution in [1.29, 1.82) is 0 Å². The summed E-state index contributed by atoms with van der Waals surface area (Å²) in [6, 6.07) is 10.8. The Morgan fingerprint density at radius 1 is 1.10 bits per heavy atom. The fourth-order valence-electron chi connectivity index (χ4n) is 1.77. The Hall–Kier alpha value is -2.04. The predicted octanol–water partition coefficient (Wildman–Crippen LogP) is 4.62. The van der Waals surface area contributed by atoms with Crippen LogP contribution in [0.15, 0.2) is 53.2 Å². The highest BCUT2D eigenvalue weighted by molar-refractivity contribution is 6.31. The fraction of sp³-hybridized carbons (Fsp3) is 0.0667. The molecule has 2 heterocycles. The van der Waals surface area contributed by atoms with E-state index in [1.807, 2.05) is 18.2 Å². The topological polar surface area (TPSA) is 48.2 Å². The van der Waals surface area contributed by atoms with Gasteiger partial charge in [-0.05, 0) is 24.3 Å². The minimum Gasteiger partial charge on any atom is -0.481 e. The Bertz CT molecular complexity index is 759. The average molecular weight is 321 g/mol. The zero-order chi connectivity index (χ0) is 14.7. The zero-order valence-electron chi connectivity index (χ0n) is 10.8. The molecule has 0 atom stereocenters. The van der Waals surface area contributed by atoms with Gasteiger partial charge in [0.1, 0.15) is 0 Å². The van der Waals surface area contributed by atoms with Gasteiger partial charge in [-0.15, -0.1) is 0 Å². The monoisotopic (exact) mass is 320 g/mol. The van der Waals surface area contributed by atoms with Crippen LogP contribution in [0.1, 0.15) is 5.89 Å². The van der Waals surface area contributed by atoms with E-state index in [2.05, 4.69) is 9.97 Å². The van der Waals surface area contributed by atoms with E-state index in [1.54, 1.807) is 30.6 Å². The van der Waals surface area contributed by atoms with Crippen molar-refractivity contribution in [3.8, 4) is 17.1 Å². The lowest BCUT2D eigenvalue weighted by Gasteiger charge is -2.04. The largest absolute Gasteiger partial charge is 0.481 e. The van der Waals surface area contributed by atoms with Crippen LogP contribution in [0.25, 0.3) is 11.3 Å². The van der Waals surface area contributed by atoms with Gasteiger partial charge in [-0.1, -0.05) is 35.3 Å². The van der Waals surface area contributed by atoms with Crippen molar-refractivity contribution >= 4 is 23.2 Å². The highest BCUT2D eigenvalue weighted by Gasteiger charge is 2.09. The molecule has 4 nitrogen and oxygen atoms in total. The molecule has 0 spiro atoms. The molecule has 0 unspecified atom stereocenters. The van der Waals surface area contributed by atoms with E-state index in [1.165, 1.54) is 0 Å². The van der Waals surface area contributed by atoms with Crippen LogP contribution in [0.5, 0.6) is 5.75 Å². The van der Waals surface area contributed by atoms with Crippen LogP contribution in [0, 0.1) is 0 Å². The molecule has 0 aliphatic heterocycles. The number of hydrogen-bond acceptors (Lipinski definition) is 4. The van der Waals surface area contributed by atoms with Gasteiger partial charge in [0.15, 0.2) is 23.3 Å². The van der Waals surface area contributed by atoms with E-state index in [4.69, 9.17) is 32.4 Å². The van der Waals surface area contributed by atoms with Crippen molar-refractivity contribution in [1.82, 2.24) is 9.97 Å². The molecule has 3 rings (SSSR count). The lowest BCUT2D eigenvalue weighted by Crippen LogP contribution is -1.96. The molecule has 3 aromatic rings. The van der Waals surface area contributed by atoms with Crippen LogP contribution in [0.3, 0.4) is 0 Å². The van der Waals surface area contributed by atoms with E-state index < -0.39 is 0 Å². The fourth-order valence-corrected chi connectivity index (χ4v) is 2.13. The Labute approximate surface area is 131 Å². The van der Waals surface area contributed by atoms with E-state index in [-0.39, 0.29) is 6.61 Å². The van der Waals surface area contributed by atoms with E-state index >= 15 is 0 Å². The van der Waals surface area contributed by atoms with Crippen molar-refractivity contribution in [2.45, 2.75) is 6.61 Å². The molecule has 0 aliphatic carbocycles. The van der Waals surface area contributed by atoms with Crippen molar-refractivity contribution in [3.63, 3.8) is 0 Å². The molecular weight excluding hydrogens is 311 g/mol. The summed E-state index contributed by atoms with van der Waals surface area (Å²) in [5.74, 6) is 1.57. The number of ether oxygens (including phenoxy) is 1. The van der Waals surface area contributed by atoms with Gasteiger partial charge in [0.05, 0.1) is 6.20 Å². The van der Waals surface area contributed by atoms with Crippen molar-refractivity contribution in [2.75, 3.05) is 0 Å². The maximum absolute atomic E-state index is 5.95. The molecule has 0 N–H and O–H groups in total. The molecule has 0 amide bonds. The minimum atomic E-state index is 0.173.